The molecule has 0 heterocycles. The van der Waals surface area contributed by atoms with E-state index in [9.17, 15) is 9.18 Å². The van der Waals surface area contributed by atoms with Gasteiger partial charge in [-0.3, -0.25) is 4.79 Å². The van der Waals surface area contributed by atoms with Crippen LogP contribution in [0.2, 0.25) is 0 Å². The van der Waals surface area contributed by atoms with E-state index in [4.69, 9.17) is 5.73 Å². The quantitative estimate of drug-likeness (QED) is 0.664. The second-order valence-corrected chi connectivity index (χ2v) is 5.57. The maximum atomic E-state index is 14.0. The molecule has 0 aliphatic heterocycles. The Morgan fingerprint density at radius 2 is 1.38 bits per heavy atom. The minimum Gasteiger partial charge on any atom is -0.399 e. The summed E-state index contributed by atoms with van der Waals surface area (Å²) in [5, 5.41) is 0. The Morgan fingerprint density at radius 1 is 0.905 bits per heavy atom. The van der Waals surface area contributed by atoms with E-state index in [2.05, 4.69) is 0 Å². The number of ketones is 1. The van der Waals surface area contributed by atoms with Crippen LogP contribution >= 0.6 is 0 Å². The molecule has 0 atom stereocenters. The fourth-order valence-electron chi connectivity index (χ4n) is 2.69. The molecule has 0 aliphatic carbocycles. The third-order valence-corrected chi connectivity index (χ3v) is 4.46. The first-order valence-electron chi connectivity index (χ1n) is 6.92. The Morgan fingerprint density at radius 3 is 1.90 bits per heavy atom. The van der Waals surface area contributed by atoms with Crippen LogP contribution in [-0.2, 0) is 0 Å². The lowest BCUT2D eigenvalue weighted by Crippen LogP contribution is -2.12. The van der Waals surface area contributed by atoms with Gasteiger partial charge in [-0.05, 0) is 80.6 Å². The summed E-state index contributed by atoms with van der Waals surface area (Å²) in [7, 11) is 0. The van der Waals surface area contributed by atoms with E-state index in [-0.39, 0.29) is 11.3 Å². The molecule has 2 rings (SSSR count). The highest BCUT2D eigenvalue weighted by Crippen LogP contribution is 2.29. The van der Waals surface area contributed by atoms with E-state index in [0.29, 0.717) is 11.3 Å². The van der Waals surface area contributed by atoms with Crippen LogP contribution in [0.15, 0.2) is 18.2 Å². The molecule has 110 valence electrons. The Bertz CT molecular complexity index is 718. The number of nitrogen functional groups attached to an aromatic ring is 1. The van der Waals surface area contributed by atoms with Crippen molar-refractivity contribution >= 4 is 11.5 Å². The molecule has 21 heavy (non-hydrogen) atoms. The van der Waals surface area contributed by atoms with Crippen LogP contribution in [0.25, 0.3) is 0 Å². The molecule has 0 aliphatic rings. The van der Waals surface area contributed by atoms with Gasteiger partial charge < -0.3 is 5.73 Å². The molecule has 0 saturated heterocycles. The normalized spacial score (nSPS) is 10.8. The zero-order valence-electron chi connectivity index (χ0n) is 13.1. The second-order valence-electron chi connectivity index (χ2n) is 5.57. The molecular weight excluding hydrogens is 265 g/mol. The van der Waals surface area contributed by atoms with Crippen molar-refractivity contribution < 1.29 is 9.18 Å². The van der Waals surface area contributed by atoms with Crippen molar-refractivity contribution in [1.29, 1.82) is 0 Å². The zero-order chi connectivity index (χ0) is 15.9. The van der Waals surface area contributed by atoms with Gasteiger partial charge in [-0.1, -0.05) is 0 Å². The van der Waals surface area contributed by atoms with Crippen molar-refractivity contribution in [1.82, 2.24) is 0 Å². The van der Waals surface area contributed by atoms with Gasteiger partial charge in [0, 0.05) is 11.3 Å². The molecule has 0 spiro atoms. The second kappa shape index (κ2) is 5.32. The number of carbonyl (C=O) groups excluding carboxylic acids is 1. The summed E-state index contributed by atoms with van der Waals surface area (Å²) in [6.45, 7) is 9.84. The predicted octanol–water partition coefficient (Wildman–Crippen LogP) is 4.18. The van der Waals surface area contributed by atoms with E-state index in [0.717, 1.165) is 22.3 Å². The fourth-order valence-corrected chi connectivity index (χ4v) is 2.69. The lowest BCUT2D eigenvalue weighted by molar-refractivity contribution is 0.103. The standard InChI is InChI=1S/C18H20FNO/c1-9-10(2)12(4)17(13(5)11(9)3)18(21)15-8-14(20)6-7-16(15)19/h6-8H,20H2,1-5H3. The van der Waals surface area contributed by atoms with Gasteiger partial charge >= 0.3 is 0 Å². The van der Waals surface area contributed by atoms with Gasteiger partial charge in [0.2, 0.25) is 0 Å². The third-order valence-electron chi connectivity index (χ3n) is 4.46. The fraction of sp³-hybridized carbons (Fsp3) is 0.278. The number of rotatable bonds is 2. The molecule has 0 saturated carbocycles. The van der Waals surface area contributed by atoms with Gasteiger partial charge in [0.15, 0.2) is 5.78 Å². The summed E-state index contributed by atoms with van der Waals surface area (Å²) < 4.78 is 14.0. The molecule has 0 radical (unpaired) electrons. The molecule has 2 aromatic carbocycles. The number of benzene rings is 2. The average molecular weight is 285 g/mol. The van der Waals surface area contributed by atoms with E-state index in [1.165, 1.54) is 23.8 Å². The highest BCUT2D eigenvalue weighted by molar-refractivity contribution is 6.11. The topological polar surface area (TPSA) is 43.1 Å². The molecule has 3 heteroatoms. The van der Waals surface area contributed by atoms with Gasteiger partial charge in [-0.25, -0.2) is 4.39 Å². The van der Waals surface area contributed by atoms with Crippen LogP contribution in [0.1, 0.15) is 43.7 Å². The molecule has 0 unspecified atom stereocenters. The lowest BCUT2D eigenvalue weighted by atomic mass is 9.86. The van der Waals surface area contributed by atoms with E-state index in [1.807, 2.05) is 34.6 Å². The predicted molar refractivity (Wildman–Crippen MR) is 84.4 cm³/mol. The van der Waals surface area contributed by atoms with E-state index < -0.39 is 5.82 Å². The molecule has 2 N–H and O–H groups in total. The Kier molecular flexibility index (Phi) is 3.86. The number of hydrogen-bond donors (Lipinski definition) is 1. The van der Waals surface area contributed by atoms with Gasteiger partial charge in [-0.15, -0.1) is 0 Å². The highest BCUT2D eigenvalue weighted by Gasteiger charge is 2.21. The van der Waals surface area contributed by atoms with Gasteiger partial charge in [0.05, 0.1) is 5.56 Å². The molecule has 0 amide bonds. The van der Waals surface area contributed by atoms with Crippen LogP contribution in [0.3, 0.4) is 0 Å². The van der Waals surface area contributed by atoms with Crippen LogP contribution in [0.4, 0.5) is 10.1 Å². The first kappa shape index (κ1) is 15.2. The summed E-state index contributed by atoms with van der Waals surface area (Å²) in [6.07, 6.45) is 0. The van der Waals surface area contributed by atoms with E-state index >= 15 is 0 Å². The molecule has 2 nitrogen and oxygen atoms in total. The first-order valence-corrected chi connectivity index (χ1v) is 6.92. The molecular formula is C18H20FNO. The third kappa shape index (κ3) is 2.44. The minimum atomic E-state index is -0.538. The highest BCUT2D eigenvalue weighted by atomic mass is 19.1. The van der Waals surface area contributed by atoms with Gasteiger partial charge in [-0.2, -0.15) is 0 Å². The van der Waals surface area contributed by atoms with Crippen molar-refractivity contribution in [2.24, 2.45) is 0 Å². The summed E-state index contributed by atoms with van der Waals surface area (Å²) in [4.78, 5) is 12.8. The van der Waals surface area contributed by atoms with Crippen LogP contribution in [0, 0.1) is 40.4 Å². The van der Waals surface area contributed by atoms with Gasteiger partial charge in [0.25, 0.3) is 0 Å². The molecule has 0 aromatic heterocycles. The number of anilines is 1. The van der Waals surface area contributed by atoms with Crippen molar-refractivity contribution in [3.63, 3.8) is 0 Å². The maximum absolute atomic E-state index is 14.0. The van der Waals surface area contributed by atoms with Crippen LogP contribution in [0.5, 0.6) is 0 Å². The SMILES string of the molecule is Cc1c(C)c(C)c(C(=O)c2cc(N)ccc2F)c(C)c1C. The van der Waals surface area contributed by atoms with Crippen LogP contribution < -0.4 is 5.73 Å². The number of carbonyl (C=O) groups is 1. The largest absolute Gasteiger partial charge is 0.399 e. The van der Waals surface area contributed by atoms with Crippen molar-refractivity contribution in [2.45, 2.75) is 34.6 Å². The number of halogens is 1. The Balaban J connectivity index is 2.73. The summed E-state index contributed by atoms with van der Waals surface area (Å²) in [5.74, 6) is -0.843. The van der Waals surface area contributed by atoms with Crippen molar-refractivity contribution in [3.05, 3.63) is 63.0 Å². The summed E-state index contributed by atoms with van der Waals surface area (Å²) in [5.41, 5.74) is 11.8. The summed E-state index contributed by atoms with van der Waals surface area (Å²) in [6, 6.07) is 4.10. The van der Waals surface area contributed by atoms with E-state index in [1.54, 1.807) is 0 Å². The number of nitrogens with two attached hydrogens (primary N) is 1. The minimum absolute atomic E-state index is 0.0313. The van der Waals surface area contributed by atoms with Crippen molar-refractivity contribution in [3.8, 4) is 0 Å². The molecule has 2 aromatic rings. The Hall–Kier alpha value is -2.16. The van der Waals surface area contributed by atoms with Crippen molar-refractivity contribution in [2.75, 3.05) is 5.73 Å². The van der Waals surface area contributed by atoms with Gasteiger partial charge in [0.1, 0.15) is 5.82 Å². The van der Waals surface area contributed by atoms with Crippen LogP contribution in [-0.4, -0.2) is 5.78 Å². The smallest absolute Gasteiger partial charge is 0.196 e. The maximum Gasteiger partial charge on any atom is 0.196 e. The molecule has 0 bridgehead atoms. The lowest BCUT2D eigenvalue weighted by Gasteiger charge is -2.18. The monoisotopic (exact) mass is 285 g/mol. The Labute approximate surface area is 124 Å². The molecule has 0 fully saturated rings. The zero-order valence-corrected chi connectivity index (χ0v) is 13.1. The first-order chi connectivity index (χ1) is 9.75. The summed E-state index contributed by atoms with van der Waals surface area (Å²) >= 11 is 0. The average Bonchev–Trinajstić information content (AvgIpc) is 2.45. The number of hydrogen-bond acceptors (Lipinski definition) is 2.